The molecule has 0 unspecified atom stereocenters. The molecule has 1 saturated carbocycles. The zero-order valence-corrected chi connectivity index (χ0v) is 17.0. The van der Waals surface area contributed by atoms with Gasteiger partial charge in [0.25, 0.3) is 5.91 Å². The van der Waals surface area contributed by atoms with Crippen LogP contribution in [0.3, 0.4) is 0 Å². The molecular weight excluding hydrogens is 346 g/mol. The zero-order valence-electron chi connectivity index (χ0n) is 16.1. The summed E-state index contributed by atoms with van der Waals surface area (Å²) < 4.78 is 2.17. The molecule has 26 heavy (non-hydrogen) atoms. The van der Waals surface area contributed by atoms with Crippen LogP contribution in [0.4, 0.5) is 0 Å². The average Bonchev–Trinajstić information content (AvgIpc) is 2.83. The summed E-state index contributed by atoms with van der Waals surface area (Å²) in [5.74, 6) is 0.0317. The van der Waals surface area contributed by atoms with Crippen molar-refractivity contribution in [2.75, 3.05) is 0 Å². The van der Waals surface area contributed by atoms with Gasteiger partial charge in [0, 0.05) is 29.2 Å². The lowest BCUT2D eigenvalue weighted by Crippen LogP contribution is -2.40. The number of aryl methyl sites for hydroxylation is 3. The maximum absolute atomic E-state index is 12.8. The maximum atomic E-state index is 12.8. The Balaban J connectivity index is 0.00000243. The van der Waals surface area contributed by atoms with Crippen molar-refractivity contribution in [2.45, 2.75) is 65.5 Å². The molecule has 0 saturated heterocycles. The summed E-state index contributed by atoms with van der Waals surface area (Å²) in [7, 11) is 0. The number of nitrogens with one attached hydrogen (secondary N) is 1. The third kappa shape index (κ3) is 4.30. The molecule has 1 amide bonds. The van der Waals surface area contributed by atoms with E-state index in [2.05, 4.69) is 48.9 Å². The molecule has 1 heterocycles. The molecule has 1 aromatic heterocycles. The molecule has 142 valence electrons. The van der Waals surface area contributed by atoms with Crippen LogP contribution in [-0.2, 0) is 0 Å². The van der Waals surface area contributed by atoms with Gasteiger partial charge in [-0.05, 0) is 82.7 Å². The molecular formula is C21H30ClN3O. The number of aromatic nitrogens is 1. The molecule has 1 aliphatic carbocycles. The van der Waals surface area contributed by atoms with Crippen molar-refractivity contribution in [3.63, 3.8) is 0 Å². The van der Waals surface area contributed by atoms with E-state index in [-0.39, 0.29) is 24.4 Å². The maximum Gasteiger partial charge on any atom is 0.253 e. The van der Waals surface area contributed by atoms with Gasteiger partial charge < -0.3 is 15.6 Å². The highest BCUT2D eigenvalue weighted by atomic mass is 35.5. The van der Waals surface area contributed by atoms with E-state index < -0.39 is 0 Å². The highest BCUT2D eigenvalue weighted by Crippen LogP contribution is 2.24. The van der Waals surface area contributed by atoms with E-state index >= 15 is 0 Å². The molecule has 0 atom stereocenters. The number of amides is 1. The fraction of sp³-hybridized carbons (Fsp3) is 0.476. The van der Waals surface area contributed by atoms with Gasteiger partial charge in [0.15, 0.2) is 0 Å². The van der Waals surface area contributed by atoms with Gasteiger partial charge in [0.05, 0.1) is 5.56 Å². The third-order valence-electron chi connectivity index (χ3n) is 5.25. The van der Waals surface area contributed by atoms with Crippen LogP contribution >= 0.6 is 12.4 Å². The number of halogens is 1. The number of hydrogen-bond acceptors (Lipinski definition) is 2. The number of nitrogens with zero attached hydrogens (tertiary/aromatic N) is 1. The van der Waals surface area contributed by atoms with Crippen LogP contribution in [0, 0.1) is 27.7 Å². The molecule has 0 aliphatic heterocycles. The van der Waals surface area contributed by atoms with Crippen molar-refractivity contribution in [1.82, 2.24) is 9.88 Å². The molecule has 0 radical (unpaired) electrons. The summed E-state index contributed by atoms with van der Waals surface area (Å²) >= 11 is 0. The van der Waals surface area contributed by atoms with E-state index in [1.807, 2.05) is 13.0 Å². The number of benzene rings is 1. The van der Waals surface area contributed by atoms with E-state index in [9.17, 15) is 4.79 Å². The largest absolute Gasteiger partial charge is 0.349 e. The van der Waals surface area contributed by atoms with Crippen LogP contribution < -0.4 is 11.1 Å². The molecule has 2 aromatic rings. The van der Waals surface area contributed by atoms with Crippen LogP contribution in [0.15, 0.2) is 24.3 Å². The molecule has 1 fully saturated rings. The molecule has 5 heteroatoms. The highest BCUT2D eigenvalue weighted by molar-refractivity contribution is 5.96. The van der Waals surface area contributed by atoms with Crippen LogP contribution in [0.1, 0.15) is 58.6 Å². The van der Waals surface area contributed by atoms with Crippen LogP contribution in [0.5, 0.6) is 0 Å². The Labute approximate surface area is 162 Å². The quantitative estimate of drug-likeness (QED) is 0.847. The smallest absolute Gasteiger partial charge is 0.253 e. The van der Waals surface area contributed by atoms with Gasteiger partial charge in [-0.15, -0.1) is 12.4 Å². The first-order valence-corrected chi connectivity index (χ1v) is 9.19. The third-order valence-corrected chi connectivity index (χ3v) is 5.25. The summed E-state index contributed by atoms with van der Waals surface area (Å²) in [6.07, 6.45) is 3.94. The first kappa shape index (κ1) is 20.5. The lowest BCUT2D eigenvalue weighted by molar-refractivity contribution is 0.0925. The van der Waals surface area contributed by atoms with E-state index in [1.54, 1.807) is 0 Å². The van der Waals surface area contributed by atoms with Gasteiger partial charge in [-0.3, -0.25) is 4.79 Å². The van der Waals surface area contributed by atoms with Gasteiger partial charge in [0.2, 0.25) is 0 Å². The summed E-state index contributed by atoms with van der Waals surface area (Å²) in [5.41, 5.74) is 12.4. The normalized spacial score (nSPS) is 19.7. The van der Waals surface area contributed by atoms with Crippen molar-refractivity contribution < 1.29 is 4.79 Å². The van der Waals surface area contributed by atoms with E-state index in [4.69, 9.17) is 5.73 Å². The Morgan fingerprint density at radius 2 is 1.58 bits per heavy atom. The van der Waals surface area contributed by atoms with Gasteiger partial charge in [-0.1, -0.05) is 6.07 Å². The van der Waals surface area contributed by atoms with E-state index in [0.717, 1.165) is 48.3 Å². The van der Waals surface area contributed by atoms with Crippen LogP contribution in [0.2, 0.25) is 0 Å². The Bertz CT molecular complexity index is 769. The summed E-state index contributed by atoms with van der Waals surface area (Å²) in [6, 6.07) is 9.03. The predicted molar refractivity (Wildman–Crippen MR) is 110 cm³/mol. The average molecular weight is 376 g/mol. The molecule has 3 N–H and O–H groups in total. The minimum Gasteiger partial charge on any atom is -0.349 e. The SMILES string of the molecule is Cc1cc(C)cc(-n2c(C)cc(C(=O)NC3CCC(N)CC3)c2C)c1.Cl. The van der Waals surface area contributed by atoms with Crippen molar-refractivity contribution in [1.29, 1.82) is 0 Å². The van der Waals surface area contributed by atoms with Gasteiger partial charge in [-0.25, -0.2) is 0 Å². The first-order valence-electron chi connectivity index (χ1n) is 9.19. The number of carbonyl (C=O) groups is 1. The minimum absolute atomic E-state index is 0. The summed E-state index contributed by atoms with van der Waals surface area (Å²) in [5, 5.41) is 3.20. The monoisotopic (exact) mass is 375 g/mol. The Morgan fingerprint density at radius 1 is 1.00 bits per heavy atom. The first-order chi connectivity index (χ1) is 11.8. The van der Waals surface area contributed by atoms with Crippen molar-refractivity contribution in [3.8, 4) is 5.69 Å². The fourth-order valence-corrected chi connectivity index (χ4v) is 4.00. The Morgan fingerprint density at radius 3 is 2.15 bits per heavy atom. The van der Waals surface area contributed by atoms with E-state index in [0.29, 0.717) is 6.04 Å². The van der Waals surface area contributed by atoms with Crippen molar-refractivity contribution in [3.05, 3.63) is 52.3 Å². The standard InChI is InChI=1S/C21H29N3O.ClH/c1-13-9-14(2)11-19(10-13)24-15(3)12-20(16(24)4)21(25)23-18-7-5-17(22)6-8-18;/h9-12,17-18H,5-8,22H2,1-4H3,(H,23,25);1H. The number of nitrogens with two attached hydrogens (primary N) is 1. The van der Waals surface area contributed by atoms with Crippen molar-refractivity contribution >= 4 is 18.3 Å². The second kappa shape index (κ2) is 8.28. The summed E-state index contributed by atoms with van der Waals surface area (Å²) in [4.78, 5) is 12.8. The van der Waals surface area contributed by atoms with Gasteiger partial charge >= 0.3 is 0 Å². The number of rotatable bonds is 3. The van der Waals surface area contributed by atoms with Gasteiger partial charge in [0.1, 0.15) is 0 Å². The second-order valence-corrected chi connectivity index (χ2v) is 7.55. The molecule has 0 spiro atoms. The fourth-order valence-electron chi connectivity index (χ4n) is 4.00. The number of hydrogen-bond donors (Lipinski definition) is 2. The van der Waals surface area contributed by atoms with E-state index in [1.165, 1.54) is 11.1 Å². The lowest BCUT2D eigenvalue weighted by Gasteiger charge is -2.26. The minimum atomic E-state index is 0. The Kier molecular flexibility index (Phi) is 6.53. The van der Waals surface area contributed by atoms with Crippen LogP contribution in [0.25, 0.3) is 5.69 Å². The van der Waals surface area contributed by atoms with Crippen molar-refractivity contribution in [2.24, 2.45) is 5.73 Å². The molecule has 1 aromatic carbocycles. The highest BCUT2D eigenvalue weighted by Gasteiger charge is 2.23. The second-order valence-electron chi connectivity index (χ2n) is 7.55. The topological polar surface area (TPSA) is 60.0 Å². The molecule has 0 bridgehead atoms. The van der Waals surface area contributed by atoms with Gasteiger partial charge in [-0.2, -0.15) is 0 Å². The molecule has 4 nitrogen and oxygen atoms in total. The molecule has 3 rings (SSSR count). The Hall–Kier alpha value is -1.78. The summed E-state index contributed by atoms with van der Waals surface area (Å²) in [6.45, 7) is 8.29. The lowest BCUT2D eigenvalue weighted by atomic mass is 9.91. The predicted octanol–water partition coefficient (Wildman–Crippen LogP) is 4.13. The van der Waals surface area contributed by atoms with Crippen LogP contribution in [-0.4, -0.2) is 22.6 Å². The zero-order chi connectivity index (χ0) is 18.1. The molecule has 1 aliphatic rings. The number of carbonyl (C=O) groups excluding carboxylic acids is 1.